The molecule has 0 bridgehead atoms. The zero-order chi connectivity index (χ0) is 10.8. The van der Waals surface area contributed by atoms with E-state index in [4.69, 9.17) is 9.47 Å². The number of rotatable bonds is 2. The fraction of sp³-hybridized carbons (Fsp3) is 0.417. The number of carbonyl (C=O) groups is 1. The van der Waals surface area contributed by atoms with Crippen molar-refractivity contribution in [3.05, 3.63) is 29.3 Å². The number of esters is 1. The van der Waals surface area contributed by atoms with Gasteiger partial charge in [-0.05, 0) is 36.1 Å². The Hall–Kier alpha value is -1.51. The van der Waals surface area contributed by atoms with Gasteiger partial charge in [-0.1, -0.05) is 6.07 Å². The van der Waals surface area contributed by atoms with Crippen molar-refractivity contribution in [3.8, 4) is 5.75 Å². The molecule has 0 saturated heterocycles. The Morgan fingerprint density at radius 1 is 1.47 bits per heavy atom. The van der Waals surface area contributed by atoms with Gasteiger partial charge in [0.1, 0.15) is 11.9 Å². The molecular weight excluding hydrogens is 192 g/mol. The second-order valence-corrected chi connectivity index (χ2v) is 3.70. The van der Waals surface area contributed by atoms with Crippen LogP contribution in [0.25, 0.3) is 0 Å². The highest BCUT2D eigenvalue weighted by atomic mass is 16.5. The van der Waals surface area contributed by atoms with Crippen LogP contribution in [-0.2, 0) is 16.0 Å². The van der Waals surface area contributed by atoms with Crippen LogP contribution in [0.2, 0.25) is 0 Å². The zero-order valence-electron chi connectivity index (χ0n) is 8.95. The molecular formula is C12H14O3. The number of methoxy groups -OCH3 is 1. The standard InChI is InChI=1S/C12H14O3/c1-8(13)15-12-6-4-9-3-5-10(14-2)7-11(9)12/h3,5,7,12H,4,6H2,1-2H3. The van der Waals surface area contributed by atoms with Gasteiger partial charge in [-0.3, -0.25) is 4.79 Å². The Balaban J connectivity index is 2.27. The summed E-state index contributed by atoms with van der Waals surface area (Å²) in [5.41, 5.74) is 2.34. The van der Waals surface area contributed by atoms with E-state index >= 15 is 0 Å². The summed E-state index contributed by atoms with van der Waals surface area (Å²) < 4.78 is 10.4. The molecule has 0 aromatic heterocycles. The number of benzene rings is 1. The van der Waals surface area contributed by atoms with E-state index < -0.39 is 0 Å². The first kappa shape index (κ1) is 10.0. The molecule has 0 aliphatic heterocycles. The first-order valence-corrected chi connectivity index (χ1v) is 5.04. The topological polar surface area (TPSA) is 35.5 Å². The lowest BCUT2D eigenvalue weighted by Gasteiger charge is -2.12. The molecule has 0 fully saturated rings. The summed E-state index contributed by atoms with van der Waals surface area (Å²) in [5, 5.41) is 0. The van der Waals surface area contributed by atoms with E-state index in [0.717, 1.165) is 24.2 Å². The molecule has 1 aliphatic rings. The predicted octanol–water partition coefficient (Wildman–Crippen LogP) is 2.25. The smallest absolute Gasteiger partial charge is 0.303 e. The van der Waals surface area contributed by atoms with Gasteiger partial charge in [0.25, 0.3) is 0 Å². The molecule has 0 heterocycles. The quantitative estimate of drug-likeness (QED) is 0.696. The van der Waals surface area contributed by atoms with Crippen LogP contribution in [-0.4, -0.2) is 13.1 Å². The lowest BCUT2D eigenvalue weighted by molar-refractivity contribution is -0.146. The van der Waals surface area contributed by atoms with Gasteiger partial charge in [0.05, 0.1) is 7.11 Å². The lowest BCUT2D eigenvalue weighted by Crippen LogP contribution is -2.05. The molecule has 15 heavy (non-hydrogen) atoms. The third kappa shape index (κ3) is 1.96. The van der Waals surface area contributed by atoms with E-state index in [2.05, 4.69) is 0 Å². The SMILES string of the molecule is COc1ccc2c(c1)C(OC(C)=O)CC2. The van der Waals surface area contributed by atoms with E-state index in [1.54, 1.807) is 7.11 Å². The molecule has 3 nitrogen and oxygen atoms in total. The summed E-state index contributed by atoms with van der Waals surface area (Å²) in [4.78, 5) is 10.9. The molecule has 1 unspecified atom stereocenters. The summed E-state index contributed by atoms with van der Waals surface area (Å²) in [7, 11) is 1.64. The van der Waals surface area contributed by atoms with Crippen LogP contribution in [0.5, 0.6) is 5.75 Å². The van der Waals surface area contributed by atoms with Crippen LogP contribution in [0.4, 0.5) is 0 Å². The number of fused-ring (bicyclic) bond motifs is 1. The highest BCUT2D eigenvalue weighted by Gasteiger charge is 2.25. The third-order valence-corrected chi connectivity index (χ3v) is 2.68. The minimum Gasteiger partial charge on any atom is -0.497 e. The fourth-order valence-corrected chi connectivity index (χ4v) is 1.99. The van der Waals surface area contributed by atoms with Crippen molar-refractivity contribution < 1.29 is 14.3 Å². The Morgan fingerprint density at radius 3 is 2.93 bits per heavy atom. The van der Waals surface area contributed by atoms with Gasteiger partial charge in [0.2, 0.25) is 0 Å². The van der Waals surface area contributed by atoms with Gasteiger partial charge in [-0.25, -0.2) is 0 Å². The van der Waals surface area contributed by atoms with Crippen LogP contribution >= 0.6 is 0 Å². The van der Waals surface area contributed by atoms with E-state index in [1.165, 1.54) is 12.5 Å². The maximum Gasteiger partial charge on any atom is 0.303 e. The fourth-order valence-electron chi connectivity index (χ4n) is 1.99. The molecule has 1 aliphatic carbocycles. The normalized spacial score (nSPS) is 18.4. The molecule has 2 rings (SSSR count). The van der Waals surface area contributed by atoms with Gasteiger partial charge in [0.15, 0.2) is 0 Å². The molecule has 0 radical (unpaired) electrons. The van der Waals surface area contributed by atoms with Crippen molar-refractivity contribution >= 4 is 5.97 Å². The first-order chi connectivity index (χ1) is 7.20. The molecule has 0 amide bonds. The maximum atomic E-state index is 10.9. The maximum absolute atomic E-state index is 10.9. The lowest BCUT2D eigenvalue weighted by atomic mass is 10.1. The Morgan fingerprint density at radius 2 is 2.27 bits per heavy atom. The molecule has 1 aromatic rings. The van der Waals surface area contributed by atoms with Crippen LogP contribution < -0.4 is 4.74 Å². The largest absolute Gasteiger partial charge is 0.497 e. The van der Waals surface area contributed by atoms with Crippen LogP contribution in [0.1, 0.15) is 30.6 Å². The summed E-state index contributed by atoms with van der Waals surface area (Å²) in [5.74, 6) is 0.587. The molecule has 1 atom stereocenters. The number of hydrogen-bond acceptors (Lipinski definition) is 3. The molecule has 0 saturated carbocycles. The monoisotopic (exact) mass is 206 g/mol. The third-order valence-electron chi connectivity index (χ3n) is 2.68. The van der Waals surface area contributed by atoms with E-state index in [0.29, 0.717) is 0 Å². The Bertz CT molecular complexity index is 384. The van der Waals surface area contributed by atoms with E-state index in [1.807, 2.05) is 18.2 Å². The summed E-state index contributed by atoms with van der Waals surface area (Å²) in [6.45, 7) is 1.44. The van der Waals surface area contributed by atoms with Gasteiger partial charge >= 0.3 is 5.97 Å². The van der Waals surface area contributed by atoms with Crippen molar-refractivity contribution in [2.75, 3.05) is 7.11 Å². The zero-order valence-corrected chi connectivity index (χ0v) is 8.95. The minimum absolute atomic E-state index is 0.0902. The number of hydrogen-bond donors (Lipinski definition) is 0. The second kappa shape index (κ2) is 3.93. The van der Waals surface area contributed by atoms with Crippen LogP contribution in [0.3, 0.4) is 0 Å². The highest BCUT2D eigenvalue weighted by molar-refractivity contribution is 5.66. The summed E-state index contributed by atoms with van der Waals surface area (Å²) >= 11 is 0. The van der Waals surface area contributed by atoms with E-state index in [-0.39, 0.29) is 12.1 Å². The average molecular weight is 206 g/mol. The molecule has 0 N–H and O–H groups in total. The molecule has 0 spiro atoms. The molecule has 80 valence electrons. The summed E-state index contributed by atoms with van der Waals surface area (Å²) in [6, 6.07) is 5.93. The average Bonchev–Trinajstić information content (AvgIpc) is 2.60. The number of aryl methyl sites for hydroxylation is 1. The summed E-state index contributed by atoms with van der Waals surface area (Å²) in [6.07, 6.45) is 1.76. The minimum atomic E-state index is -0.226. The van der Waals surface area contributed by atoms with E-state index in [9.17, 15) is 4.79 Å². The van der Waals surface area contributed by atoms with Gasteiger partial charge in [0, 0.05) is 6.92 Å². The first-order valence-electron chi connectivity index (χ1n) is 5.04. The highest BCUT2D eigenvalue weighted by Crippen LogP contribution is 2.36. The van der Waals surface area contributed by atoms with Gasteiger partial charge < -0.3 is 9.47 Å². The second-order valence-electron chi connectivity index (χ2n) is 3.70. The van der Waals surface area contributed by atoms with Crippen molar-refractivity contribution in [2.45, 2.75) is 25.9 Å². The number of carbonyl (C=O) groups excluding carboxylic acids is 1. The van der Waals surface area contributed by atoms with Crippen molar-refractivity contribution in [1.29, 1.82) is 0 Å². The Labute approximate surface area is 89.0 Å². The van der Waals surface area contributed by atoms with Crippen molar-refractivity contribution in [1.82, 2.24) is 0 Å². The predicted molar refractivity (Wildman–Crippen MR) is 55.8 cm³/mol. The molecule has 1 aromatic carbocycles. The van der Waals surface area contributed by atoms with Crippen molar-refractivity contribution in [2.24, 2.45) is 0 Å². The van der Waals surface area contributed by atoms with Gasteiger partial charge in [-0.2, -0.15) is 0 Å². The Kier molecular flexibility index (Phi) is 2.62. The van der Waals surface area contributed by atoms with Crippen LogP contribution in [0.15, 0.2) is 18.2 Å². The van der Waals surface area contributed by atoms with Gasteiger partial charge in [-0.15, -0.1) is 0 Å². The van der Waals surface area contributed by atoms with Crippen molar-refractivity contribution in [3.63, 3.8) is 0 Å². The van der Waals surface area contributed by atoms with Crippen LogP contribution in [0, 0.1) is 0 Å². The molecule has 3 heteroatoms. The number of ether oxygens (including phenoxy) is 2.